The van der Waals surface area contributed by atoms with Gasteiger partial charge in [0, 0.05) is 9.75 Å². The van der Waals surface area contributed by atoms with Crippen LogP contribution in [0, 0.1) is 69.2 Å². The second kappa shape index (κ2) is 39.6. The van der Waals surface area contributed by atoms with Gasteiger partial charge in [0.25, 0.3) is 0 Å². The average molecular weight is 988 g/mol. The van der Waals surface area contributed by atoms with Gasteiger partial charge in [0.2, 0.25) is 0 Å². The first-order chi connectivity index (χ1) is 34.8. The molecule has 2 heteroatoms. The number of furan rings is 1. The highest BCUT2D eigenvalue weighted by Crippen LogP contribution is 2.29. The van der Waals surface area contributed by atoms with E-state index < -0.39 is 0 Å². The lowest BCUT2D eigenvalue weighted by atomic mass is 9.98. The number of fused-ring (bicyclic) bond motifs is 7. The third-order valence-corrected chi connectivity index (χ3v) is 11.2. The van der Waals surface area contributed by atoms with Crippen molar-refractivity contribution in [1.29, 1.82) is 0 Å². The average Bonchev–Trinajstić information content (AvgIpc) is 4.01. The van der Waals surface area contributed by atoms with Crippen molar-refractivity contribution in [1.82, 2.24) is 0 Å². The molecule has 72 heavy (non-hydrogen) atoms. The van der Waals surface area contributed by atoms with Crippen LogP contribution in [0.4, 0.5) is 0 Å². The van der Waals surface area contributed by atoms with Crippen LogP contribution in [0.3, 0.4) is 0 Å². The number of hydrogen-bond acceptors (Lipinski definition) is 2. The number of benzene rings is 8. The summed E-state index contributed by atoms with van der Waals surface area (Å²) in [5, 5.41) is 13.4. The van der Waals surface area contributed by atoms with E-state index in [1.165, 1.54) is 97.0 Å². The summed E-state index contributed by atoms with van der Waals surface area (Å²) < 4.78 is 5.08. The molecule has 2 aromatic heterocycles. The minimum absolute atomic E-state index is 0.984. The molecule has 0 N–H and O–H groups in total. The Kier molecular flexibility index (Phi) is 37.5. The van der Waals surface area contributed by atoms with Crippen molar-refractivity contribution in [3.8, 4) is 0 Å². The predicted molar refractivity (Wildman–Crippen MR) is 337 cm³/mol. The van der Waals surface area contributed by atoms with Crippen LogP contribution in [0.2, 0.25) is 0 Å². The summed E-state index contributed by atoms with van der Waals surface area (Å²) in [5.41, 5.74) is 7.96. The van der Waals surface area contributed by atoms with E-state index in [0.29, 0.717) is 0 Å². The fourth-order valence-corrected chi connectivity index (χ4v) is 8.05. The standard InChI is InChI=1S/2C16H14.C12H12.C6H8O.C6H8S.7C2H6/c1-11-3-7-15-13(9-11)5-6-14-10-12(2)4-8-16(14)15;1-11-6-7-13-8-9-14-12(2)4-3-5-15(14)16(13)10-11;1-9-3-5-12-8-10(2)4-6-11(12)7-9;2*1-5-3-4-6(2)7-5;7*1-2/h2*3-10H,1-2H3;3-8H,1-2H3;2*3-4H,1-2H3;7*1-2H3. The minimum Gasteiger partial charge on any atom is -0.467 e. The van der Waals surface area contributed by atoms with Crippen LogP contribution < -0.4 is 0 Å². The number of thiophene rings is 1. The van der Waals surface area contributed by atoms with Crippen molar-refractivity contribution in [3.05, 3.63) is 212 Å². The molecule has 0 saturated heterocycles. The van der Waals surface area contributed by atoms with Crippen LogP contribution in [0.1, 0.15) is 152 Å². The molecule has 8 aromatic carbocycles. The van der Waals surface area contributed by atoms with Gasteiger partial charge in [-0.3, -0.25) is 0 Å². The molecule has 0 amide bonds. The van der Waals surface area contributed by atoms with Gasteiger partial charge in [0.15, 0.2) is 0 Å². The molecule has 0 spiro atoms. The summed E-state index contributed by atoms with van der Waals surface area (Å²) in [4.78, 5) is 2.80. The van der Waals surface area contributed by atoms with Crippen LogP contribution in [0.25, 0.3) is 53.9 Å². The van der Waals surface area contributed by atoms with Gasteiger partial charge in [-0.2, -0.15) is 0 Å². The topological polar surface area (TPSA) is 13.1 Å². The normalized spacial score (nSPS) is 9.11. The molecule has 0 bridgehead atoms. The summed E-state index contributed by atoms with van der Waals surface area (Å²) in [6, 6.07) is 56.6. The van der Waals surface area contributed by atoms with E-state index in [0.717, 1.165) is 11.5 Å². The third kappa shape index (κ3) is 23.1. The van der Waals surface area contributed by atoms with Gasteiger partial charge in [0.05, 0.1) is 0 Å². The highest BCUT2D eigenvalue weighted by Gasteiger charge is 2.03. The van der Waals surface area contributed by atoms with Crippen LogP contribution in [0.5, 0.6) is 0 Å². The highest BCUT2D eigenvalue weighted by molar-refractivity contribution is 7.11. The van der Waals surface area contributed by atoms with Gasteiger partial charge in [-0.15, -0.1) is 11.3 Å². The van der Waals surface area contributed by atoms with Gasteiger partial charge in [0.1, 0.15) is 11.5 Å². The molecule has 0 radical (unpaired) electrons. The van der Waals surface area contributed by atoms with E-state index in [2.05, 4.69) is 201 Å². The summed E-state index contributed by atoms with van der Waals surface area (Å²) in [7, 11) is 0. The Balaban J connectivity index is 0. The Morgan fingerprint density at radius 3 is 0.931 bits per heavy atom. The molecular weight excluding hydrogens is 889 g/mol. The Morgan fingerprint density at radius 1 is 0.250 bits per heavy atom. The molecule has 0 saturated carbocycles. The summed E-state index contributed by atoms with van der Waals surface area (Å²) >= 11 is 1.84. The molecule has 2 heterocycles. The third-order valence-electron chi connectivity index (χ3n) is 10.3. The van der Waals surface area contributed by atoms with Gasteiger partial charge in [-0.1, -0.05) is 258 Å². The first-order valence-electron chi connectivity index (χ1n) is 27.1. The first-order valence-corrected chi connectivity index (χ1v) is 28.0. The second-order valence-corrected chi connectivity index (χ2v) is 17.1. The van der Waals surface area contributed by atoms with E-state index in [4.69, 9.17) is 4.42 Å². The largest absolute Gasteiger partial charge is 0.467 e. The molecule has 0 aliphatic carbocycles. The Labute approximate surface area is 445 Å². The number of aryl methyl sites for hydroxylation is 10. The summed E-state index contributed by atoms with van der Waals surface area (Å²) in [5.74, 6) is 1.97. The van der Waals surface area contributed by atoms with E-state index >= 15 is 0 Å². The molecule has 1 nitrogen and oxygen atoms in total. The number of hydrogen-bond donors (Lipinski definition) is 0. The highest BCUT2D eigenvalue weighted by atomic mass is 32.1. The number of rotatable bonds is 0. The van der Waals surface area contributed by atoms with E-state index in [1.807, 2.05) is 134 Å². The van der Waals surface area contributed by atoms with Gasteiger partial charge in [-0.05, 0) is 153 Å². The van der Waals surface area contributed by atoms with E-state index in [9.17, 15) is 0 Å². The molecule has 10 aromatic rings. The Hall–Kier alpha value is -5.96. The van der Waals surface area contributed by atoms with Crippen molar-refractivity contribution in [2.75, 3.05) is 0 Å². The van der Waals surface area contributed by atoms with Crippen LogP contribution in [0.15, 0.2) is 162 Å². The molecular formula is C70H98OS. The van der Waals surface area contributed by atoms with E-state index in [-0.39, 0.29) is 0 Å². The second-order valence-electron chi connectivity index (χ2n) is 15.6. The van der Waals surface area contributed by atoms with Crippen molar-refractivity contribution < 1.29 is 4.42 Å². The fraction of sp³-hybridized carbons (Fsp3) is 0.343. The zero-order valence-corrected chi connectivity index (χ0v) is 50.6. The summed E-state index contributed by atoms with van der Waals surface area (Å²) in [6.45, 7) is 49.0. The van der Waals surface area contributed by atoms with Crippen molar-refractivity contribution in [2.45, 2.75) is 166 Å². The minimum atomic E-state index is 0.984. The Bertz CT molecular complexity index is 2780. The molecule has 10 rings (SSSR count). The lowest BCUT2D eigenvalue weighted by Gasteiger charge is -2.06. The summed E-state index contributed by atoms with van der Waals surface area (Å²) in [6.07, 6.45) is 0. The lowest BCUT2D eigenvalue weighted by Crippen LogP contribution is -1.81. The smallest absolute Gasteiger partial charge is 0.101 e. The fourth-order valence-electron chi connectivity index (χ4n) is 7.27. The zero-order valence-electron chi connectivity index (χ0n) is 49.8. The van der Waals surface area contributed by atoms with Crippen LogP contribution in [-0.2, 0) is 0 Å². The maximum atomic E-state index is 5.08. The van der Waals surface area contributed by atoms with Gasteiger partial charge < -0.3 is 4.42 Å². The van der Waals surface area contributed by atoms with Crippen LogP contribution >= 0.6 is 11.3 Å². The quantitative estimate of drug-likeness (QED) is 0.138. The molecule has 0 aliphatic heterocycles. The van der Waals surface area contributed by atoms with Crippen molar-refractivity contribution in [2.24, 2.45) is 0 Å². The molecule has 0 fully saturated rings. The van der Waals surface area contributed by atoms with Crippen LogP contribution in [-0.4, -0.2) is 0 Å². The van der Waals surface area contributed by atoms with Crippen molar-refractivity contribution >= 4 is 65.2 Å². The maximum absolute atomic E-state index is 5.08. The molecule has 0 aliphatic rings. The maximum Gasteiger partial charge on any atom is 0.101 e. The Morgan fingerprint density at radius 2 is 0.569 bits per heavy atom. The predicted octanol–water partition coefficient (Wildman–Crippen LogP) is 24.1. The molecule has 390 valence electrons. The van der Waals surface area contributed by atoms with Gasteiger partial charge in [-0.25, -0.2) is 0 Å². The first kappa shape index (κ1) is 68.1. The zero-order chi connectivity index (χ0) is 55.3. The molecule has 0 unspecified atom stereocenters. The molecule has 0 atom stereocenters. The monoisotopic (exact) mass is 987 g/mol. The SMILES string of the molecule is CC.CC.CC.CC.CC.CC.CC.Cc1ccc(C)o1.Cc1ccc(C)s1.Cc1ccc2c(ccc3cc(C)ccc32)c1.Cc1ccc2cc(C)ccc2c1.Cc1ccc2ccc3c(C)cccc3c2c1. The van der Waals surface area contributed by atoms with Crippen molar-refractivity contribution in [3.63, 3.8) is 0 Å². The lowest BCUT2D eigenvalue weighted by molar-refractivity contribution is 0.504. The van der Waals surface area contributed by atoms with Gasteiger partial charge >= 0.3 is 0 Å². The van der Waals surface area contributed by atoms with E-state index in [1.54, 1.807) is 0 Å².